The molecule has 0 radical (unpaired) electrons. The van der Waals surface area contributed by atoms with E-state index in [9.17, 15) is 35.1 Å². The number of nitrogens with zero attached hydrogens (tertiary/aromatic N) is 6. The normalized spacial score (nSPS) is 12.3. The van der Waals surface area contributed by atoms with Crippen LogP contribution in [0.4, 0.5) is 34.4 Å². The van der Waals surface area contributed by atoms with Gasteiger partial charge in [-0.25, -0.2) is 13.4 Å². The van der Waals surface area contributed by atoms with Crippen molar-refractivity contribution < 1.29 is 34.4 Å². The Balaban J connectivity index is 2.03. The van der Waals surface area contributed by atoms with Gasteiger partial charge in [-0.05, 0) is 55.8 Å². The van der Waals surface area contributed by atoms with Crippen LogP contribution < -0.4 is 10.6 Å². The maximum atomic E-state index is 12.3. The molecule has 3 aromatic rings. The van der Waals surface area contributed by atoms with Crippen LogP contribution in [0.3, 0.4) is 0 Å². The molecule has 0 aliphatic carbocycles. The molecule has 0 aliphatic heterocycles. The van der Waals surface area contributed by atoms with E-state index in [0.29, 0.717) is 12.1 Å². The lowest BCUT2D eigenvalue weighted by Gasteiger charge is -2.15. The van der Waals surface area contributed by atoms with E-state index in [1.54, 1.807) is 6.92 Å². The van der Waals surface area contributed by atoms with Crippen LogP contribution >= 0.6 is 0 Å². The zero-order valence-electron chi connectivity index (χ0n) is 24.6. The first-order valence-electron chi connectivity index (χ1n) is 13.4. The zero-order valence-corrected chi connectivity index (χ0v) is 27.1. The summed E-state index contributed by atoms with van der Waals surface area (Å²) in [7, 11) is -12.8. The van der Waals surface area contributed by atoms with Crippen LogP contribution in [0.5, 0.6) is 0 Å². The number of aromatic nitrogens is 1. The van der Waals surface area contributed by atoms with Gasteiger partial charge in [-0.15, -0.1) is 10.2 Å². The average molecular weight is 691 g/mol. The zero-order chi connectivity index (χ0) is 34.1. The number of nitrogens with one attached hydrogen (secondary N) is 2. The van der Waals surface area contributed by atoms with Gasteiger partial charge < -0.3 is 10.6 Å². The quantitative estimate of drug-likeness (QED) is 0.0842. The van der Waals surface area contributed by atoms with Crippen molar-refractivity contribution in [3.05, 3.63) is 65.6 Å². The van der Waals surface area contributed by atoms with Crippen LogP contribution in [0.25, 0.3) is 0 Å². The highest BCUT2D eigenvalue weighted by molar-refractivity contribution is 7.94. The highest BCUT2D eigenvalue weighted by Gasteiger charge is 2.20. The van der Waals surface area contributed by atoms with Crippen LogP contribution in [0.2, 0.25) is 0 Å². The molecule has 0 bridgehead atoms. The third-order valence-corrected chi connectivity index (χ3v) is 9.21. The number of hydrogen-bond acceptors (Lipinski definition) is 14. The van der Waals surface area contributed by atoms with E-state index in [0.717, 1.165) is 36.4 Å². The van der Waals surface area contributed by atoms with Gasteiger partial charge >= 0.3 is 0 Å². The predicted octanol–water partition coefficient (Wildman–Crippen LogP) is 5.77. The molecule has 0 saturated carbocycles. The van der Waals surface area contributed by atoms with Crippen molar-refractivity contribution in [3.63, 3.8) is 0 Å². The van der Waals surface area contributed by atoms with E-state index in [-0.39, 0.29) is 57.1 Å². The van der Waals surface area contributed by atoms with Crippen LogP contribution in [-0.2, 0) is 30.1 Å². The second-order valence-electron chi connectivity index (χ2n) is 9.51. The third-order valence-electron chi connectivity index (χ3n) is 6.18. The van der Waals surface area contributed by atoms with Crippen LogP contribution in [0, 0.1) is 18.3 Å². The fourth-order valence-corrected chi connectivity index (χ4v) is 5.42. The molecule has 3 rings (SSSR count). The first-order chi connectivity index (χ1) is 21.6. The number of rotatable bonds is 15. The van der Waals surface area contributed by atoms with E-state index in [1.807, 2.05) is 6.92 Å². The Hall–Kier alpha value is -4.61. The van der Waals surface area contributed by atoms with E-state index in [2.05, 4.69) is 48.7 Å². The van der Waals surface area contributed by atoms with Gasteiger partial charge in [-0.2, -0.15) is 32.3 Å². The smallest absolute Gasteiger partial charge is 0.296 e. The van der Waals surface area contributed by atoms with Gasteiger partial charge in [0, 0.05) is 24.1 Å². The number of unbranched alkanes of at least 4 members (excludes halogenated alkanes) is 1. The van der Waals surface area contributed by atoms with Gasteiger partial charge in [0.05, 0.1) is 27.6 Å². The molecule has 0 unspecified atom stereocenters. The first-order valence-corrected chi connectivity index (χ1v) is 18.0. The van der Waals surface area contributed by atoms with Crippen molar-refractivity contribution in [1.29, 1.82) is 5.26 Å². The van der Waals surface area contributed by atoms with Crippen LogP contribution in [0.1, 0.15) is 30.9 Å². The van der Waals surface area contributed by atoms with E-state index in [4.69, 9.17) is 4.55 Å². The summed E-state index contributed by atoms with van der Waals surface area (Å²) in [5.74, 6) is -0.0141. The Labute approximate surface area is 266 Å². The lowest BCUT2D eigenvalue weighted by molar-refractivity contribution is 0.481. The third kappa shape index (κ3) is 9.69. The molecule has 46 heavy (non-hydrogen) atoms. The van der Waals surface area contributed by atoms with E-state index in [1.165, 1.54) is 24.3 Å². The average Bonchev–Trinajstić information content (AvgIpc) is 2.99. The number of nitriles is 1. The number of hydrogen-bond donors (Lipinski definition) is 4. The van der Waals surface area contributed by atoms with Gasteiger partial charge in [-0.1, -0.05) is 19.9 Å². The van der Waals surface area contributed by atoms with Crippen LogP contribution in [0.15, 0.2) is 84.7 Å². The Morgan fingerprint density at radius 1 is 0.891 bits per heavy atom. The van der Waals surface area contributed by atoms with Crippen molar-refractivity contribution in [3.8, 4) is 6.07 Å². The molecule has 0 aliphatic rings. The summed E-state index contributed by atoms with van der Waals surface area (Å²) in [6.45, 7) is 7.26. The molecule has 0 saturated heterocycles. The molecule has 19 heteroatoms. The van der Waals surface area contributed by atoms with Gasteiger partial charge in [0.1, 0.15) is 28.2 Å². The molecule has 4 N–H and O–H groups in total. The second kappa shape index (κ2) is 15.1. The van der Waals surface area contributed by atoms with E-state index < -0.39 is 35.0 Å². The fraction of sp³-hybridized carbons (Fsp3) is 0.259. The van der Waals surface area contributed by atoms with Crippen molar-refractivity contribution >= 4 is 64.5 Å². The van der Waals surface area contributed by atoms with Crippen molar-refractivity contribution in [2.24, 2.45) is 20.5 Å². The molecule has 0 fully saturated rings. The molecule has 0 amide bonds. The standard InChI is InChI=1S/C27H30N8O8S3/c1-4-6-13-29-26-22(17-28)18(3)25(27(31-26)30-14-15-44(36,37)5-2)35-34-23-12-9-20(16-24(23)46(41,42)43)33-32-19-7-10-21(11-8-19)45(38,39)40/h5,7-12,16H,2,4,6,13-15H2,1,3H3,(H2,29,30,31)(H,38,39,40)(H,41,42,43)/b33-32+,35-34+. The summed E-state index contributed by atoms with van der Waals surface area (Å²) in [6.07, 6.45) is 1.67. The molecular formula is C27H30N8O8S3. The summed E-state index contributed by atoms with van der Waals surface area (Å²) in [4.78, 5) is 3.40. The highest BCUT2D eigenvalue weighted by Crippen LogP contribution is 2.37. The minimum absolute atomic E-state index is 0.0204. The molecule has 2 aromatic carbocycles. The Kier molecular flexibility index (Phi) is 11.8. The van der Waals surface area contributed by atoms with Gasteiger partial charge in [-0.3, -0.25) is 9.11 Å². The molecule has 1 heterocycles. The molecule has 16 nitrogen and oxygen atoms in total. The highest BCUT2D eigenvalue weighted by atomic mass is 32.2. The summed E-state index contributed by atoms with van der Waals surface area (Å²) >= 11 is 0. The summed E-state index contributed by atoms with van der Waals surface area (Å²) in [5, 5.41) is 32.6. The Bertz CT molecular complexity index is 2040. The number of pyridine rings is 1. The summed E-state index contributed by atoms with van der Waals surface area (Å²) < 4.78 is 89.8. The van der Waals surface area contributed by atoms with Gasteiger partial charge in [0.2, 0.25) is 0 Å². The maximum absolute atomic E-state index is 12.3. The summed E-state index contributed by atoms with van der Waals surface area (Å²) in [6, 6.07) is 10.3. The minimum atomic E-state index is -4.87. The topological polar surface area (TPSA) is 253 Å². The van der Waals surface area contributed by atoms with Crippen molar-refractivity contribution in [2.45, 2.75) is 36.5 Å². The molecule has 1 aromatic heterocycles. The maximum Gasteiger partial charge on any atom is 0.296 e. The summed E-state index contributed by atoms with van der Waals surface area (Å²) in [5.41, 5.74) is 0.324. The van der Waals surface area contributed by atoms with Gasteiger partial charge in [0.15, 0.2) is 15.7 Å². The Morgan fingerprint density at radius 3 is 2.11 bits per heavy atom. The largest absolute Gasteiger partial charge is 0.369 e. The molecule has 0 spiro atoms. The van der Waals surface area contributed by atoms with E-state index >= 15 is 0 Å². The molecule has 0 atom stereocenters. The van der Waals surface area contributed by atoms with Gasteiger partial charge in [0.25, 0.3) is 20.2 Å². The number of anilines is 2. The number of sulfone groups is 1. The molecule has 244 valence electrons. The first kappa shape index (κ1) is 35.9. The molecular weight excluding hydrogens is 661 g/mol. The lowest BCUT2D eigenvalue weighted by atomic mass is 10.1. The van der Waals surface area contributed by atoms with Crippen LogP contribution in [-0.4, -0.2) is 58.2 Å². The lowest BCUT2D eigenvalue weighted by Crippen LogP contribution is -2.15. The minimum Gasteiger partial charge on any atom is -0.369 e. The number of azo groups is 2. The number of benzene rings is 2. The monoisotopic (exact) mass is 690 g/mol. The Morgan fingerprint density at radius 2 is 1.52 bits per heavy atom. The fourth-order valence-electron chi connectivity index (χ4n) is 3.74. The second-order valence-corrected chi connectivity index (χ2v) is 14.4. The predicted molar refractivity (Wildman–Crippen MR) is 170 cm³/mol. The SMILES string of the molecule is C=CS(=O)(=O)CCNc1nc(NCCCC)c(C#N)c(C)c1/N=N/c1ccc(/N=N/c2ccc(S(=O)(=O)O)cc2)cc1S(=O)(=O)O. The van der Waals surface area contributed by atoms with Crippen molar-refractivity contribution in [1.82, 2.24) is 4.98 Å². The van der Waals surface area contributed by atoms with Crippen molar-refractivity contribution in [2.75, 3.05) is 29.5 Å².